The fraction of sp³-hybridized carbons (Fsp3) is 0.727. The number of esters is 1. The first-order chi connectivity index (χ1) is 6.22. The number of carbonyl (C=O) groups is 1. The van der Waals surface area contributed by atoms with Gasteiger partial charge in [0.2, 0.25) is 0 Å². The van der Waals surface area contributed by atoms with Crippen LogP contribution >= 0.6 is 0 Å². The molecule has 13 heavy (non-hydrogen) atoms. The van der Waals surface area contributed by atoms with Gasteiger partial charge in [0.1, 0.15) is 0 Å². The summed E-state index contributed by atoms with van der Waals surface area (Å²) in [4.78, 5) is 11.2. The Balaban J connectivity index is 2.55. The molecule has 1 aliphatic rings. The molecule has 74 valence electrons. The molecule has 0 unspecified atom stereocenters. The molecular formula is C11H18O2. The Labute approximate surface area is 80.0 Å². The van der Waals surface area contributed by atoms with Crippen LogP contribution < -0.4 is 0 Å². The lowest BCUT2D eigenvalue weighted by atomic mass is 9.79. The van der Waals surface area contributed by atoms with Crippen molar-refractivity contribution in [2.24, 2.45) is 5.41 Å². The molecule has 1 saturated carbocycles. The Bertz CT molecular complexity index is 190. The predicted molar refractivity (Wildman–Crippen MR) is 52.3 cm³/mol. The molecule has 0 spiro atoms. The molecule has 0 aromatic rings. The van der Waals surface area contributed by atoms with Crippen LogP contribution in [0.15, 0.2) is 12.7 Å². The van der Waals surface area contributed by atoms with Gasteiger partial charge in [0, 0.05) is 0 Å². The SMILES string of the molecule is C=CCC1(CC(=O)OC)CCCC1. The minimum Gasteiger partial charge on any atom is -0.469 e. The normalized spacial score (nSPS) is 19.8. The number of carbonyl (C=O) groups excluding carboxylic acids is 1. The highest BCUT2D eigenvalue weighted by Crippen LogP contribution is 2.44. The van der Waals surface area contributed by atoms with Crippen LogP contribution in [0.1, 0.15) is 38.5 Å². The first-order valence-corrected chi connectivity index (χ1v) is 4.90. The van der Waals surface area contributed by atoms with E-state index in [1.807, 2.05) is 6.08 Å². The van der Waals surface area contributed by atoms with E-state index >= 15 is 0 Å². The number of hydrogen-bond donors (Lipinski definition) is 0. The average Bonchev–Trinajstić information content (AvgIpc) is 2.54. The van der Waals surface area contributed by atoms with Crippen LogP contribution in [-0.2, 0) is 9.53 Å². The van der Waals surface area contributed by atoms with Crippen molar-refractivity contribution in [1.29, 1.82) is 0 Å². The predicted octanol–water partition coefficient (Wildman–Crippen LogP) is 2.69. The third-order valence-corrected chi connectivity index (χ3v) is 2.99. The third-order valence-electron chi connectivity index (χ3n) is 2.99. The van der Waals surface area contributed by atoms with Crippen molar-refractivity contribution in [2.45, 2.75) is 38.5 Å². The van der Waals surface area contributed by atoms with Gasteiger partial charge in [-0.2, -0.15) is 0 Å². The van der Waals surface area contributed by atoms with Gasteiger partial charge in [-0.15, -0.1) is 6.58 Å². The van der Waals surface area contributed by atoms with E-state index in [4.69, 9.17) is 4.74 Å². The third kappa shape index (κ3) is 2.58. The van der Waals surface area contributed by atoms with Gasteiger partial charge in [-0.3, -0.25) is 4.79 Å². The van der Waals surface area contributed by atoms with Crippen molar-refractivity contribution < 1.29 is 9.53 Å². The van der Waals surface area contributed by atoms with E-state index in [9.17, 15) is 4.79 Å². The van der Waals surface area contributed by atoms with Crippen molar-refractivity contribution in [3.8, 4) is 0 Å². The topological polar surface area (TPSA) is 26.3 Å². The summed E-state index contributed by atoms with van der Waals surface area (Å²) in [6.07, 6.45) is 8.21. The zero-order valence-corrected chi connectivity index (χ0v) is 8.34. The van der Waals surface area contributed by atoms with Crippen LogP contribution in [0.2, 0.25) is 0 Å². The fourth-order valence-corrected chi connectivity index (χ4v) is 2.26. The van der Waals surface area contributed by atoms with E-state index in [1.54, 1.807) is 0 Å². The molecule has 1 fully saturated rings. The average molecular weight is 182 g/mol. The van der Waals surface area contributed by atoms with Crippen LogP contribution in [0, 0.1) is 5.41 Å². The van der Waals surface area contributed by atoms with Gasteiger partial charge < -0.3 is 4.74 Å². The monoisotopic (exact) mass is 182 g/mol. The summed E-state index contributed by atoms with van der Waals surface area (Å²) in [6, 6.07) is 0. The number of rotatable bonds is 4. The van der Waals surface area contributed by atoms with Crippen LogP contribution in [0.5, 0.6) is 0 Å². The van der Waals surface area contributed by atoms with Crippen molar-refractivity contribution in [3.05, 3.63) is 12.7 Å². The molecular weight excluding hydrogens is 164 g/mol. The zero-order chi connectivity index (χ0) is 9.73. The molecule has 0 radical (unpaired) electrons. The highest BCUT2D eigenvalue weighted by atomic mass is 16.5. The molecule has 0 heterocycles. The molecule has 0 bridgehead atoms. The second kappa shape index (κ2) is 4.45. The van der Waals surface area contributed by atoms with Gasteiger partial charge in [-0.1, -0.05) is 18.9 Å². The molecule has 0 saturated heterocycles. The fourth-order valence-electron chi connectivity index (χ4n) is 2.26. The molecule has 1 aliphatic carbocycles. The van der Waals surface area contributed by atoms with Gasteiger partial charge in [-0.05, 0) is 24.7 Å². The highest BCUT2D eigenvalue weighted by molar-refractivity contribution is 5.70. The summed E-state index contributed by atoms with van der Waals surface area (Å²) in [7, 11) is 1.46. The van der Waals surface area contributed by atoms with Crippen LogP contribution in [-0.4, -0.2) is 13.1 Å². The summed E-state index contributed by atoms with van der Waals surface area (Å²) in [5, 5.41) is 0. The van der Waals surface area contributed by atoms with Crippen LogP contribution in [0.25, 0.3) is 0 Å². The summed E-state index contributed by atoms with van der Waals surface area (Å²) in [6.45, 7) is 3.75. The number of hydrogen-bond acceptors (Lipinski definition) is 2. The van der Waals surface area contributed by atoms with Gasteiger partial charge in [0.05, 0.1) is 13.5 Å². The lowest BCUT2D eigenvalue weighted by molar-refractivity contribution is -0.143. The van der Waals surface area contributed by atoms with E-state index in [2.05, 4.69) is 6.58 Å². The first-order valence-electron chi connectivity index (χ1n) is 4.90. The van der Waals surface area contributed by atoms with Crippen molar-refractivity contribution in [1.82, 2.24) is 0 Å². The zero-order valence-electron chi connectivity index (χ0n) is 8.34. The van der Waals surface area contributed by atoms with Gasteiger partial charge in [0.15, 0.2) is 0 Å². The number of methoxy groups -OCH3 is 1. The lowest BCUT2D eigenvalue weighted by Gasteiger charge is -2.25. The summed E-state index contributed by atoms with van der Waals surface area (Å²) >= 11 is 0. The lowest BCUT2D eigenvalue weighted by Crippen LogP contribution is -2.21. The molecule has 2 heteroatoms. The highest BCUT2D eigenvalue weighted by Gasteiger charge is 2.34. The first kappa shape index (κ1) is 10.3. The van der Waals surface area contributed by atoms with Gasteiger partial charge >= 0.3 is 5.97 Å². The molecule has 0 amide bonds. The maximum atomic E-state index is 11.2. The number of allylic oxidation sites excluding steroid dienone is 1. The molecule has 0 aromatic carbocycles. The molecule has 2 nitrogen and oxygen atoms in total. The van der Waals surface area contributed by atoms with Crippen molar-refractivity contribution in [3.63, 3.8) is 0 Å². The van der Waals surface area contributed by atoms with E-state index in [0.29, 0.717) is 6.42 Å². The van der Waals surface area contributed by atoms with Crippen molar-refractivity contribution >= 4 is 5.97 Å². The molecule has 0 aliphatic heterocycles. The second-order valence-electron chi connectivity index (χ2n) is 3.95. The van der Waals surface area contributed by atoms with Gasteiger partial charge in [-0.25, -0.2) is 0 Å². The summed E-state index contributed by atoms with van der Waals surface area (Å²) in [5.41, 5.74) is 0.175. The maximum absolute atomic E-state index is 11.2. The minimum absolute atomic E-state index is 0.0799. The smallest absolute Gasteiger partial charge is 0.306 e. The molecule has 0 N–H and O–H groups in total. The Hall–Kier alpha value is -0.790. The van der Waals surface area contributed by atoms with Crippen LogP contribution in [0.3, 0.4) is 0 Å². The molecule has 0 aromatic heterocycles. The second-order valence-corrected chi connectivity index (χ2v) is 3.95. The van der Waals surface area contributed by atoms with E-state index < -0.39 is 0 Å². The van der Waals surface area contributed by atoms with E-state index in [0.717, 1.165) is 19.3 Å². The largest absolute Gasteiger partial charge is 0.469 e. The standard InChI is InChI=1S/C11H18O2/c1-3-6-11(7-4-5-8-11)9-10(12)13-2/h3H,1,4-9H2,2H3. The van der Waals surface area contributed by atoms with E-state index in [-0.39, 0.29) is 11.4 Å². The minimum atomic E-state index is -0.0799. The quantitative estimate of drug-likeness (QED) is 0.493. The summed E-state index contributed by atoms with van der Waals surface area (Å²) < 4.78 is 4.71. The Morgan fingerprint density at radius 3 is 2.62 bits per heavy atom. The maximum Gasteiger partial charge on any atom is 0.306 e. The molecule has 0 atom stereocenters. The van der Waals surface area contributed by atoms with Crippen molar-refractivity contribution in [2.75, 3.05) is 7.11 Å². The van der Waals surface area contributed by atoms with Crippen LogP contribution in [0.4, 0.5) is 0 Å². The summed E-state index contributed by atoms with van der Waals surface area (Å²) in [5.74, 6) is -0.0799. The Morgan fingerprint density at radius 2 is 2.15 bits per heavy atom. The number of ether oxygens (including phenoxy) is 1. The Morgan fingerprint density at radius 1 is 1.54 bits per heavy atom. The van der Waals surface area contributed by atoms with E-state index in [1.165, 1.54) is 20.0 Å². The Kier molecular flexibility index (Phi) is 3.52. The van der Waals surface area contributed by atoms with Gasteiger partial charge in [0.25, 0.3) is 0 Å². The molecule has 1 rings (SSSR count).